The van der Waals surface area contributed by atoms with Crippen LogP contribution in [0.25, 0.3) is 0 Å². The first-order chi connectivity index (χ1) is 11.3. The number of ether oxygens (including phenoxy) is 2. The quantitative estimate of drug-likeness (QED) is 0.618. The minimum Gasteiger partial charge on any atom is -0.475 e. The lowest BCUT2D eigenvalue weighted by molar-refractivity contribution is -0.385. The van der Waals surface area contributed by atoms with E-state index in [1.165, 1.54) is 12.1 Å². The second-order valence-corrected chi connectivity index (χ2v) is 6.75. The minimum absolute atomic E-state index is 0.0876. The van der Waals surface area contributed by atoms with Crippen LogP contribution in [0.3, 0.4) is 0 Å². The number of nitrogens with zero attached hydrogens (tertiary/aromatic N) is 3. The Morgan fingerprint density at radius 1 is 1.42 bits per heavy atom. The zero-order valence-electron chi connectivity index (χ0n) is 14.2. The molecule has 0 bridgehead atoms. The zero-order valence-corrected chi connectivity index (χ0v) is 14.2. The first kappa shape index (κ1) is 18.0. The summed E-state index contributed by atoms with van der Waals surface area (Å²) >= 11 is 0. The van der Waals surface area contributed by atoms with Crippen LogP contribution in [0.15, 0.2) is 18.3 Å². The summed E-state index contributed by atoms with van der Waals surface area (Å²) in [6, 6.07) is 2.71. The van der Waals surface area contributed by atoms with Gasteiger partial charge in [-0.15, -0.1) is 0 Å². The van der Waals surface area contributed by atoms with E-state index in [4.69, 9.17) is 9.47 Å². The SMILES string of the molecule is CC(C)(C)OC(=O)N1CCCCC1COc1ccc([N+](=O)[O-])cn1. The molecule has 24 heavy (non-hydrogen) atoms. The third-order valence-electron chi connectivity index (χ3n) is 3.61. The van der Waals surface area contributed by atoms with Crippen molar-refractivity contribution in [1.82, 2.24) is 9.88 Å². The highest BCUT2D eigenvalue weighted by molar-refractivity contribution is 5.68. The Kier molecular flexibility index (Phi) is 5.58. The number of piperidine rings is 1. The van der Waals surface area contributed by atoms with E-state index in [2.05, 4.69) is 4.98 Å². The van der Waals surface area contributed by atoms with E-state index in [0.717, 1.165) is 25.5 Å². The second-order valence-electron chi connectivity index (χ2n) is 6.75. The molecule has 1 amide bonds. The molecule has 1 aromatic heterocycles. The van der Waals surface area contributed by atoms with Crippen LogP contribution in [-0.2, 0) is 4.74 Å². The van der Waals surface area contributed by atoms with Crippen LogP contribution in [0.2, 0.25) is 0 Å². The number of carbonyl (C=O) groups is 1. The van der Waals surface area contributed by atoms with Crippen LogP contribution in [0, 0.1) is 10.1 Å². The monoisotopic (exact) mass is 337 g/mol. The fourth-order valence-electron chi connectivity index (χ4n) is 2.48. The molecular formula is C16H23N3O5. The van der Waals surface area contributed by atoms with Gasteiger partial charge in [0.25, 0.3) is 5.69 Å². The predicted molar refractivity (Wildman–Crippen MR) is 87.0 cm³/mol. The number of carbonyl (C=O) groups excluding carboxylic acids is 1. The highest BCUT2D eigenvalue weighted by atomic mass is 16.6. The number of aromatic nitrogens is 1. The molecule has 1 unspecified atom stereocenters. The Hall–Kier alpha value is -2.38. The summed E-state index contributed by atoms with van der Waals surface area (Å²) in [6.45, 7) is 6.42. The van der Waals surface area contributed by atoms with Crippen LogP contribution in [0.1, 0.15) is 40.0 Å². The average Bonchev–Trinajstić information content (AvgIpc) is 2.52. The number of hydrogen-bond acceptors (Lipinski definition) is 6. The van der Waals surface area contributed by atoms with Crippen molar-refractivity contribution in [2.75, 3.05) is 13.2 Å². The lowest BCUT2D eigenvalue weighted by Gasteiger charge is -2.36. The van der Waals surface area contributed by atoms with E-state index in [9.17, 15) is 14.9 Å². The molecule has 1 aromatic rings. The summed E-state index contributed by atoms with van der Waals surface area (Å²) in [7, 11) is 0. The second kappa shape index (κ2) is 7.46. The van der Waals surface area contributed by atoms with Gasteiger partial charge in [0, 0.05) is 18.7 Å². The van der Waals surface area contributed by atoms with Crippen molar-refractivity contribution in [3.63, 3.8) is 0 Å². The van der Waals surface area contributed by atoms with Gasteiger partial charge in [0.2, 0.25) is 5.88 Å². The van der Waals surface area contributed by atoms with E-state index in [1.807, 2.05) is 20.8 Å². The van der Waals surface area contributed by atoms with Gasteiger partial charge in [-0.25, -0.2) is 9.78 Å². The molecule has 8 nitrogen and oxygen atoms in total. The molecule has 1 aliphatic heterocycles. The van der Waals surface area contributed by atoms with E-state index in [-0.39, 0.29) is 24.4 Å². The van der Waals surface area contributed by atoms with Crippen molar-refractivity contribution in [1.29, 1.82) is 0 Å². The number of nitro groups is 1. The van der Waals surface area contributed by atoms with Gasteiger partial charge < -0.3 is 14.4 Å². The first-order valence-corrected chi connectivity index (χ1v) is 7.99. The molecule has 1 aliphatic rings. The third kappa shape index (κ3) is 5.07. The van der Waals surface area contributed by atoms with Crippen LogP contribution in [0.5, 0.6) is 5.88 Å². The molecule has 0 aliphatic carbocycles. The summed E-state index contributed by atoms with van der Waals surface area (Å²) in [5.41, 5.74) is -0.629. The summed E-state index contributed by atoms with van der Waals surface area (Å²) in [5, 5.41) is 10.6. The van der Waals surface area contributed by atoms with Crippen LogP contribution in [0.4, 0.5) is 10.5 Å². The van der Waals surface area contributed by atoms with Crippen LogP contribution in [-0.4, -0.2) is 45.7 Å². The van der Waals surface area contributed by atoms with Gasteiger partial charge in [-0.05, 0) is 40.0 Å². The minimum atomic E-state index is -0.542. The van der Waals surface area contributed by atoms with Gasteiger partial charge in [-0.3, -0.25) is 10.1 Å². The number of hydrogen-bond donors (Lipinski definition) is 0. The van der Waals surface area contributed by atoms with Crippen LogP contribution >= 0.6 is 0 Å². The average molecular weight is 337 g/mol. The summed E-state index contributed by atoms with van der Waals surface area (Å²) in [6.07, 6.45) is 3.59. The lowest BCUT2D eigenvalue weighted by Crippen LogP contribution is -2.48. The Morgan fingerprint density at radius 3 is 2.75 bits per heavy atom. The molecule has 1 atom stereocenters. The smallest absolute Gasteiger partial charge is 0.410 e. The van der Waals surface area contributed by atoms with Crippen molar-refractivity contribution in [2.24, 2.45) is 0 Å². The summed E-state index contributed by atoms with van der Waals surface area (Å²) < 4.78 is 11.0. The van der Waals surface area contributed by atoms with E-state index >= 15 is 0 Å². The molecule has 0 spiro atoms. The van der Waals surface area contributed by atoms with Crippen LogP contribution < -0.4 is 4.74 Å². The summed E-state index contributed by atoms with van der Waals surface area (Å²) in [5.74, 6) is 0.301. The molecule has 2 heterocycles. The number of pyridine rings is 1. The Morgan fingerprint density at radius 2 is 2.17 bits per heavy atom. The maximum Gasteiger partial charge on any atom is 0.410 e. The Bertz CT molecular complexity index is 582. The largest absolute Gasteiger partial charge is 0.475 e. The van der Waals surface area contributed by atoms with Gasteiger partial charge >= 0.3 is 6.09 Å². The standard InChI is InChI=1S/C16H23N3O5/c1-16(2,3)24-15(20)18-9-5-4-6-13(18)11-23-14-8-7-12(10-17-14)19(21)22/h7-8,10,13H,4-6,9,11H2,1-3H3. The molecule has 132 valence electrons. The number of likely N-dealkylation sites (tertiary alicyclic amines) is 1. The van der Waals surface area contributed by atoms with Crippen molar-refractivity contribution in [2.45, 2.75) is 51.7 Å². The van der Waals surface area contributed by atoms with Gasteiger partial charge in [0.05, 0.1) is 11.0 Å². The molecular weight excluding hydrogens is 314 g/mol. The van der Waals surface area contributed by atoms with E-state index in [0.29, 0.717) is 12.4 Å². The Balaban J connectivity index is 1.95. The molecule has 0 N–H and O–H groups in total. The third-order valence-corrected chi connectivity index (χ3v) is 3.61. The zero-order chi connectivity index (χ0) is 17.7. The van der Waals surface area contributed by atoms with Crippen molar-refractivity contribution in [3.8, 4) is 5.88 Å². The number of amides is 1. The van der Waals surface area contributed by atoms with Crippen molar-refractivity contribution < 1.29 is 19.2 Å². The normalized spacial score (nSPS) is 18.1. The molecule has 1 fully saturated rings. The molecule has 2 rings (SSSR count). The molecule has 8 heteroatoms. The molecule has 0 radical (unpaired) electrons. The molecule has 0 aromatic carbocycles. The lowest BCUT2D eigenvalue weighted by atomic mass is 10.0. The van der Waals surface area contributed by atoms with Gasteiger partial charge in [-0.2, -0.15) is 0 Å². The predicted octanol–water partition coefficient (Wildman–Crippen LogP) is 3.16. The van der Waals surface area contributed by atoms with Crippen molar-refractivity contribution in [3.05, 3.63) is 28.4 Å². The number of rotatable bonds is 4. The topological polar surface area (TPSA) is 94.8 Å². The Labute approximate surface area is 140 Å². The van der Waals surface area contributed by atoms with Gasteiger partial charge in [0.15, 0.2) is 0 Å². The first-order valence-electron chi connectivity index (χ1n) is 7.99. The molecule has 0 saturated carbocycles. The van der Waals surface area contributed by atoms with Gasteiger partial charge in [0.1, 0.15) is 18.4 Å². The highest BCUT2D eigenvalue weighted by Crippen LogP contribution is 2.21. The van der Waals surface area contributed by atoms with Crippen molar-refractivity contribution >= 4 is 11.8 Å². The maximum absolute atomic E-state index is 12.3. The summed E-state index contributed by atoms with van der Waals surface area (Å²) in [4.78, 5) is 28.0. The fourth-order valence-corrected chi connectivity index (χ4v) is 2.48. The fraction of sp³-hybridized carbons (Fsp3) is 0.625. The van der Waals surface area contributed by atoms with E-state index in [1.54, 1.807) is 4.90 Å². The maximum atomic E-state index is 12.3. The van der Waals surface area contributed by atoms with E-state index < -0.39 is 10.5 Å². The van der Waals surface area contributed by atoms with Gasteiger partial charge in [-0.1, -0.05) is 0 Å². The highest BCUT2D eigenvalue weighted by Gasteiger charge is 2.31. The molecule has 1 saturated heterocycles.